The molecule has 0 aliphatic heterocycles. The lowest BCUT2D eigenvalue weighted by atomic mass is 9.77. The summed E-state index contributed by atoms with van der Waals surface area (Å²) >= 11 is 1.77. The molecule has 0 bridgehead atoms. The SMILES string of the molecule is CCC(=CC=CC(O)(CC)CC)c1ccc(COc2ccc(C(O[SiH](C)C)C(C)(C)C)c(C(O[SiH](C)C)C(C)(C)C)c2)s1. The van der Waals surface area contributed by atoms with Crippen LogP contribution in [0.5, 0.6) is 5.75 Å². The molecule has 4 nitrogen and oxygen atoms in total. The first kappa shape index (κ1) is 37.7. The van der Waals surface area contributed by atoms with Gasteiger partial charge in [-0.15, -0.1) is 11.3 Å². The maximum Gasteiger partial charge on any atom is 0.171 e. The molecule has 43 heavy (non-hydrogen) atoms. The molecule has 1 N–H and O–H groups in total. The fourth-order valence-corrected chi connectivity index (χ4v) is 8.34. The predicted octanol–water partition coefficient (Wildman–Crippen LogP) is 10.4. The average molecular weight is 645 g/mol. The summed E-state index contributed by atoms with van der Waals surface area (Å²) in [5.41, 5.74) is 2.81. The van der Waals surface area contributed by atoms with Gasteiger partial charge in [0.1, 0.15) is 12.4 Å². The van der Waals surface area contributed by atoms with Gasteiger partial charge in [-0.05, 0) is 97.2 Å². The van der Waals surface area contributed by atoms with Crippen LogP contribution in [0.1, 0.15) is 115 Å². The van der Waals surface area contributed by atoms with Crippen LogP contribution < -0.4 is 4.74 Å². The lowest BCUT2D eigenvalue weighted by Gasteiger charge is -2.39. The van der Waals surface area contributed by atoms with Crippen molar-refractivity contribution in [1.29, 1.82) is 0 Å². The minimum absolute atomic E-state index is 0.00991. The van der Waals surface area contributed by atoms with E-state index in [9.17, 15) is 5.11 Å². The van der Waals surface area contributed by atoms with Gasteiger partial charge in [-0.3, -0.25) is 0 Å². The summed E-state index contributed by atoms with van der Waals surface area (Å²) in [6.45, 7) is 29.3. The minimum atomic E-state index is -1.33. The van der Waals surface area contributed by atoms with Gasteiger partial charge in [0.25, 0.3) is 0 Å². The van der Waals surface area contributed by atoms with Crippen LogP contribution >= 0.6 is 11.3 Å². The zero-order valence-corrected chi connectivity index (χ0v) is 32.5. The molecule has 1 aromatic carbocycles. The number of hydrogen-bond acceptors (Lipinski definition) is 5. The van der Waals surface area contributed by atoms with Gasteiger partial charge in [0.2, 0.25) is 0 Å². The summed E-state index contributed by atoms with van der Waals surface area (Å²) in [7, 11) is -2.63. The van der Waals surface area contributed by atoms with Crippen LogP contribution in [0, 0.1) is 10.8 Å². The Labute approximate surface area is 271 Å². The van der Waals surface area contributed by atoms with Gasteiger partial charge in [-0.1, -0.05) is 86.6 Å². The molecule has 1 heterocycles. The fourth-order valence-electron chi connectivity index (χ4n) is 5.13. The molecule has 0 radical (unpaired) electrons. The number of benzene rings is 1. The highest BCUT2D eigenvalue weighted by Gasteiger charge is 2.36. The van der Waals surface area contributed by atoms with Gasteiger partial charge in [0.05, 0.1) is 17.8 Å². The molecule has 2 atom stereocenters. The molecule has 2 rings (SSSR count). The van der Waals surface area contributed by atoms with Crippen molar-refractivity contribution in [3.05, 3.63) is 69.4 Å². The van der Waals surface area contributed by atoms with Crippen LogP contribution in [-0.4, -0.2) is 28.8 Å². The van der Waals surface area contributed by atoms with Crippen LogP contribution in [0.25, 0.3) is 5.57 Å². The molecule has 0 amide bonds. The lowest BCUT2D eigenvalue weighted by Crippen LogP contribution is -2.31. The summed E-state index contributed by atoms with van der Waals surface area (Å²) in [6, 6.07) is 10.9. The Morgan fingerprint density at radius 1 is 0.837 bits per heavy atom. The van der Waals surface area contributed by atoms with Crippen molar-refractivity contribution in [2.24, 2.45) is 10.8 Å². The van der Waals surface area contributed by atoms with Gasteiger partial charge >= 0.3 is 0 Å². The molecule has 0 spiro atoms. The second-order valence-corrected chi connectivity index (χ2v) is 20.3. The summed E-state index contributed by atoms with van der Waals surface area (Å²) in [4.78, 5) is 2.42. The number of rotatable bonds is 15. The molecule has 0 saturated heterocycles. The normalized spacial score (nSPS) is 15.1. The Bertz CT molecular complexity index is 1200. The first-order chi connectivity index (χ1) is 19.9. The van der Waals surface area contributed by atoms with E-state index in [4.69, 9.17) is 13.6 Å². The van der Waals surface area contributed by atoms with Crippen LogP contribution in [0.15, 0.2) is 48.6 Å². The summed E-state index contributed by atoms with van der Waals surface area (Å²) < 4.78 is 19.9. The number of hydrogen-bond donors (Lipinski definition) is 1. The van der Waals surface area contributed by atoms with E-state index in [0.717, 1.165) is 12.2 Å². The van der Waals surface area contributed by atoms with Crippen molar-refractivity contribution in [2.45, 2.75) is 132 Å². The van der Waals surface area contributed by atoms with Crippen molar-refractivity contribution in [3.63, 3.8) is 0 Å². The van der Waals surface area contributed by atoms with Crippen LogP contribution in [0.2, 0.25) is 26.2 Å². The largest absolute Gasteiger partial charge is 0.488 e. The van der Waals surface area contributed by atoms with Gasteiger partial charge in [0, 0.05) is 9.75 Å². The maximum absolute atomic E-state index is 10.6. The Morgan fingerprint density at radius 3 is 1.88 bits per heavy atom. The third kappa shape index (κ3) is 11.4. The molecule has 0 aliphatic carbocycles. The number of aliphatic hydroxyl groups is 1. The van der Waals surface area contributed by atoms with Crippen molar-refractivity contribution in [1.82, 2.24) is 0 Å². The van der Waals surface area contributed by atoms with Crippen molar-refractivity contribution in [3.8, 4) is 5.75 Å². The molecule has 242 valence electrons. The smallest absolute Gasteiger partial charge is 0.171 e. The van der Waals surface area contributed by atoms with Gasteiger partial charge < -0.3 is 18.7 Å². The second-order valence-electron chi connectivity index (χ2n) is 14.4. The van der Waals surface area contributed by atoms with E-state index >= 15 is 0 Å². The van der Waals surface area contributed by atoms with Gasteiger partial charge in [0.15, 0.2) is 18.1 Å². The minimum Gasteiger partial charge on any atom is -0.488 e. The van der Waals surface area contributed by atoms with Crippen molar-refractivity contribution >= 4 is 35.0 Å². The Balaban J connectivity index is 2.42. The zero-order valence-electron chi connectivity index (χ0n) is 29.3. The zero-order chi connectivity index (χ0) is 32.6. The number of allylic oxidation sites excluding steroid dienone is 3. The molecule has 0 fully saturated rings. The van der Waals surface area contributed by atoms with Crippen LogP contribution in [-0.2, 0) is 15.5 Å². The highest BCUT2D eigenvalue weighted by Crippen LogP contribution is 2.46. The molecular weight excluding hydrogens is 585 g/mol. The highest BCUT2D eigenvalue weighted by molar-refractivity contribution is 7.13. The third-order valence-electron chi connectivity index (χ3n) is 7.68. The topological polar surface area (TPSA) is 47.9 Å². The molecule has 2 aromatic rings. The predicted molar refractivity (Wildman–Crippen MR) is 192 cm³/mol. The van der Waals surface area contributed by atoms with Crippen molar-refractivity contribution < 1.29 is 18.7 Å². The summed E-state index contributed by atoms with van der Waals surface area (Å²) in [5.74, 6) is 0.860. The molecule has 7 heteroatoms. The second kappa shape index (κ2) is 16.2. The highest BCUT2D eigenvalue weighted by atomic mass is 32.1. The maximum atomic E-state index is 10.6. The first-order valence-electron chi connectivity index (χ1n) is 16.2. The van der Waals surface area contributed by atoms with E-state index in [0.29, 0.717) is 19.4 Å². The van der Waals surface area contributed by atoms with E-state index in [1.165, 1.54) is 26.5 Å². The van der Waals surface area contributed by atoms with Gasteiger partial charge in [-0.25, -0.2) is 0 Å². The van der Waals surface area contributed by atoms with Crippen LogP contribution in [0.4, 0.5) is 0 Å². The summed E-state index contributed by atoms with van der Waals surface area (Å²) in [6.07, 6.45) is 8.37. The third-order valence-corrected chi connectivity index (χ3v) is 10.4. The van der Waals surface area contributed by atoms with E-state index in [2.05, 4.69) is 111 Å². The molecule has 0 saturated carbocycles. The van der Waals surface area contributed by atoms with E-state index in [-0.39, 0.29) is 23.0 Å². The number of thiophene rings is 1. The standard InChI is InChI=1S/C36H60O4SSi2/c1-14-26(18-17-23-36(37,15-2)16-3)31-22-20-28(41-31)25-38-27-19-21-29(32(34(4,5)6)39-42(10)11)30(24-27)33(35(7,8)9)40-43(12)13/h17-24,32-33,37,42-43H,14-16,25H2,1-13H3. The van der Waals surface area contributed by atoms with E-state index < -0.39 is 23.7 Å². The lowest BCUT2D eigenvalue weighted by molar-refractivity contribution is 0.0653. The Morgan fingerprint density at radius 2 is 1.40 bits per heavy atom. The average Bonchev–Trinajstić information content (AvgIpc) is 3.39. The van der Waals surface area contributed by atoms with E-state index in [1.807, 2.05) is 26.0 Å². The molecule has 1 aromatic heterocycles. The summed E-state index contributed by atoms with van der Waals surface area (Å²) in [5, 5.41) is 10.6. The number of ether oxygens (including phenoxy) is 1. The molecule has 0 aliphatic rings. The van der Waals surface area contributed by atoms with E-state index in [1.54, 1.807) is 11.3 Å². The first-order valence-corrected chi connectivity index (χ1v) is 22.6. The van der Waals surface area contributed by atoms with Gasteiger partial charge in [-0.2, -0.15) is 0 Å². The quantitative estimate of drug-likeness (QED) is 0.155. The monoisotopic (exact) mass is 644 g/mol. The fraction of sp³-hybridized carbons (Fsp3) is 0.611. The molecular formula is C36H60O4SSi2. The van der Waals surface area contributed by atoms with Crippen molar-refractivity contribution in [2.75, 3.05) is 0 Å². The van der Waals surface area contributed by atoms with Crippen LogP contribution in [0.3, 0.4) is 0 Å². The Hall–Kier alpha value is -1.49. The molecule has 2 unspecified atom stereocenters. The Kier molecular flexibility index (Phi) is 14.2.